The summed E-state index contributed by atoms with van der Waals surface area (Å²) in [7, 11) is 1.63. The van der Waals surface area contributed by atoms with Gasteiger partial charge in [0, 0.05) is 17.8 Å². The van der Waals surface area contributed by atoms with Gasteiger partial charge < -0.3 is 24.6 Å². The highest BCUT2D eigenvalue weighted by Gasteiger charge is 2.37. The first kappa shape index (κ1) is 19.0. The third kappa shape index (κ3) is 4.39. The van der Waals surface area contributed by atoms with Crippen LogP contribution in [0.3, 0.4) is 0 Å². The number of rotatable bonds is 8. The lowest BCUT2D eigenvalue weighted by molar-refractivity contribution is 0.00828. The molecule has 7 heteroatoms. The summed E-state index contributed by atoms with van der Waals surface area (Å²) in [4.78, 5) is 11.4. The van der Waals surface area contributed by atoms with E-state index < -0.39 is 5.97 Å². The highest BCUT2D eigenvalue weighted by Crippen LogP contribution is 2.29. The lowest BCUT2D eigenvalue weighted by atomic mass is 10.0. The second-order valence-corrected chi connectivity index (χ2v) is 6.22. The van der Waals surface area contributed by atoms with Gasteiger partial charge >= 0.3 is 5.97 Å². The molecule has 0 spiro atoms. The molecule has 0 aliphatic carbocycles. The number of anilines is 1. The molecule has 2 N–H and O–H groups in total. The van der Waals surface area contributed by atoms with Crippen molar-refractivity contribution in [2.45, 2.75) is 38.5 Å². The molecule has 1 aromatic rings. The molecule has 0 saturated carbocycles. The number of hydrogen-bond donors (Lipinski definition) is 2. The number of ether oxygens (including phenoxy) is 3. The van der Waals surface area contributed by atoms with Crippen molar-refractivity contribution >= 4 is 23.3 Å². The third-order valence-electron chi connectivity index (χ3n) is 4.22. The Balaban J connectivity index is 2.21. The molecule has 1 aliphatic heterocycles. The third-order valence-corrected chi connectivity index (χ3v) is 4.44. The van der Waals surface area contributed by atoms with Crippen LogP contribution in [0.2, 0.25) is 5.02 Å². The van der Waals surface area contributed by atoms with E-state index in [1.165, 1.54) is 6.07 Å². The van der Waals surface area contributed by atoms with Crippen LogP contribution < -0.4 is 5.32 Å². The van der Waals surface area contributed by atoms with E-state index in [1.807, 2.05) is 6.92 Å². The van der Waals surface area contributed by atoms with Crippen molar-refractivity contribution < 1.29 is 24.1 Å². The molecule has 1 aliphatic rings. The maximum absolute atomic E-state index is 11.4. The second-order valence-electron chi connectivity index (χ2n) is 5.78. The molecule has 1 saturated heterocycles. The van der Waals surface area contributed by atoms with Crippen LogP contribution in [0.15, 0.2) is 12.1 Å². The van der Waals surface area contributed by atoms with E-state index in [-0.39, 0.29) is 23.8 Å². The van der Waals surface area contributed by atoms with Crippen molar-refractivity contribution in [2.75, 3.05) is 32.2 Å². The second kappa shape index (κ2) is 8.67. The molecule has 1 fully saturated rings. The van der Waals surface area contributed by atoms with Crippen LogP contribution in [-0.2, 0) is 14.2 Å². The summed E-state index contributed by atoms with van der Waals surface area (Å²) in [5, 5.41) is 13.1. The summed E-state index contributed by atoms with van der Waals surface area (Å²) in [6, 6.07) is 3.12. The normalized spacial score (nSPS) is 23.4. The Morgan fingerprint density at radius 2 is 2.21 bits per heavy atom. The number of carboxylic acid groups (broad SMARTS) is 1. The first-order valence-electron chi connectivity index (χ1n) is 8.00. The first-order chi connectivity index (χ1) is 11.5. The Morgan fingerprint density at radius 1 is 1.46 bits per heavy atom. The van der Waals surface area contributed by atoms with Gasteiger partial charge in [0.1, 0.15) is 6.10 Å². The quantitative estimate of drug-likeness (QED) is 0.696. The zero-order valence-corrected chi connectivity index (χ0v) is 14.9. The van der Waals surface area contributed by atoms with Crippen LogP contribution in [0.1, 0.15) is 29.3 Å². The van der Waals surface area contributed by atoms with Crippen molar-refractivity contribution in [3.8, 4) is 0 Å². The number of carbonyl (C=O) groups is 1. The van der Waals surface area contributed by atoms with Gasteiger partial charge in [0.15, 0.2) is 0 Å². The Morgan fingerprint density at radius 3 is 2.83 bits per heavy atom. The van der Waals surface area contributed by atoms with E-state index in [2.05, 4.69) is 5.32 Å². The van der Waals surface area contributed by atoms with E-state index in [0.29, 0.717) is 36.1 Å². The van der Waals surface area contributed by atoms with E-state index in [1.54, 1.807) is 20.1 Å². The van der Waals surface area contributed by atoms with Crippen molar-refractivity contribution in [1.82, 2.24) is 0 Å². The van der Waals surface area contributed by atoms with Gasteiger partial charge in [-0.25, -0.2) is 4.79 Å². The lowest BCUT2D eigenvalue weighted by Gasteiger charge is -2.26. The van der Waals surface area contributed by atoms with E-state index >= 15 is 0 Å². The monoisotopic (exact) mass is 357 g/mol. The minimum absolute atomic E-state index is 0.01000. The Labute approximate surface area is 147 Å². The number of methoxy groups -OCH3 is 1. The molecule has 0 aromatic heterocycles. The zero-order valence-electron chi connectivity index (χ0n) is 14.2. The van der Waals surface area contributed by atoms with E-state index in [0.717, 1.165) is 6.42 Å². The predicted molar refractivity (Wildman–Crippen MR) is 92.2 cm³/mol. The molecular formula is C17H24ClNO5. The molecule has 0 amide bonds. The summed E-state index contributed by atoms with van der Waals surface area (Å²) in [5.74, 6) is -0.999. The summed E-state index contributed by atoms with van der Waals surface area (Å²) < 4.78 is 16.7. The molecular weight excluding hydrogens is 334 g/mol. The molecule has 24 heavy (non-hydrogen) atoms. The average Bonchev–Trinajstić information content (AvgIpc) is 2.92. The highest BCUT2D eigenvalue weighted by atomic mass is 35.5. The Hall–Kier alpha value is -1.34. The molecule has 1 heterocycles. The minimum atomic E-state index is -0.999. The highest BCUT2D eigenvalue weighted by molar-refractivity contribution is 6.31. The maximum Gasteiger partial charge on any atom is 0.336 e. The Kier molecular flexibility index (Phi) is 6.86. The first-order valence-corrected chi connectivity index (χ1v) is 8.37. The number of nitrogens with one attached hydrogen (secondary N) is 1. The number of aromatic carboxylic acids is 1. The fourth-order valence-corrected chi connectivity index (χ4v) is 3.11. The number of halogens is 1. The van der Waals surface area contributed by atoms with Gasteiger partial charge in [-0.15, -0.1) is 0 Å². The SMILES string of the molecule is CC[C@H]1OCC(OCCOC)[C@@H]1Nc1cc(Cl)cc(C(=O)O)c1C. The van der Waals surface area contributed by atoms with Gasteiger partial charge in [-0.2, -0.15) is 0 Å². The topological polar surface area (TPSA) is 77.0 Å². The van der Waals surface area contributed by atoms with E-state index in [9.17, 15) is 9.90 Å². The fourth-order valence-electron chi connectivity index (χ4n) is 2.89. The summed E-state index contributed by atoms with van der Waals surface area (Å²) in [5.41, 5.74) is 1.52. The molecule has 6 nitrogen and oxygen atoms in total. The van der Waals surface area contributed by atoms with Crippen LogP contribution in [0.4, 0.5) is 5.69 Å². The van der Waals surface area contributed by atoms with Gasteiger partial charge in [-0.05, 0) is 31.0 Å². The van der Waals surface area contributed by atoms with E-state index in [4.69, 9.17) is 25.8 Å². The average molecular weight is 358 g/mol. The van der Waals surface area contributed by atoms with Gasteiger partial charge in [0.05, 0.1) is 37.5 Å². The van der Waals surface area contributed by atoms with Crippen molar-refractivity contribution in [1.29, 1.82) is 0 Å². The summed E-state index contributed by atoms with van der Waals surface area (Å²) >= 11 is 6.08. The number of carboxylic acids is 1. The standard InChI is InChI=1S/C17H24ClNO5/c1-4-14-16(15(9-24-14)23-6-5-22-3)19-13-8-11(18)7-12(10(13)2)17(20)21/h7-8,14-16,19H,4-6,9H2,1-3H3,(H,20,21)/t14-,15?,16-/m1/s1. The number of benzene rings is 1. The van der Waals surface area contributed by atoms with Gasteiger partial charge in [-0.1, -0.05) is 18.5 Å². The van der Waals surface area contributed by atoms with Gasteiger partial charge in [-0.3, -0.25) is 0 Å². The van der Waals surface area contributed by atoms with Crippen LogP contribution in [0, 0.1) is 6.92 Å². The molecule has 3 atom stereocenters. The van der Waals surface area contributed by atoms with Crippen LogP contribution in [0.25, 0.3) is 0 Å². The maximum atomic E-state index is 11.4. The molecule has 134 valence electrons. The smallest absolute Gasteiger partial charge is 0.336 e. The van der Waals surface area contributed by atoms with Crippen LogP contribution in [-0.4, -0.2) is 56.3 Å². The zero-order chi connectivity index (χ0) is 17.7. The Bertz CT molecular complexity index is 580. The van der Waals surface area contributed by atoms with Gasteiger partial charge in [0.2, 0.25) is 0 Å². The molecule has 1 unspecified atom stereocenters. The largest absolute Gasteiger partial charge is 0.478 e. The number of hydrogen-bond acceptors (Lipinski definition) is 5. The minimum Gasteiger partial charge on any atom is -0.478 e. The molecule has 0 bridgehead atoms. The lowest BCUT2D eigenvalue weighted by Crippen LogP contribution is -2.39. The summed E-state index contributed by atoms with van der Waals surface area (Å²) in [6.07, 6.45) is 0.689. The van der Waals surface area contributed by atoms with Crippen molar-refractivity contribution in [3.05, 3.63) is 28.3 Å². The molecule has 2 rings (SSSR count). The van der Waals surface area contributed by atoms with Gasteiger partial charge in [0.25, 0.3) is 0 Å². The molecule has 1 aromatic carbocycles. The predicted octanol–water partition coefficient (Wildman–Crippen LogP) is 2.97. The van der Waals surface area contributed by atoms with Crippen molar-refractivity contribution in [3.63, 3.8) is 0 Å². The van der Waals surface area contributed by atoms with Crippen LogP contribution >= 0.6 is 11.6 Å². The van der Waals surface area contributed by atoms with Crippen molar-refractivity contribution in [2.24, 2.45) is 0 Å². The molecule has 0 radical (unpaired) electrons. The fraction of sp³-hybridized carbons (Fsp3) is 0.588. The summed E-state index contributed by atoms with van der Waals surface area (Å²) in [6.45, 7) is 5.29. The van der Waals surface area contributed by atoms with Crippen LogP contribution in [0.5, 0.6) is 0 Å².